The zero-order valence-corrected chi connectivity index (χ0v) is 15.7. The second-order valence-corrected chi connectivity index (χ2v) is 7.30. The summed E-state index contributed by atoms with van der Waals surface area (Å²) < 4.78 is 12.5. The molecule has 2 amide bonds. The van der Waals surface area contributed by atoms with Gasteiger partial charge in [0, 0.05) is 19.6 Å². The first-order valence-corrected chi connectivity index (χ1v) is 9.63. The van der Waals surface area contributed by atoms with Gasteiger partial charge >= 0.3 is 5.97 Å². The van der Waals surface area contributed by atoms with Crippen molar-refractivity contribution in [2.45, 2.75) is 38.5 Å². The molecule has 3 aliphatic rings. The normalized spacial score (nSPS) is 29.1. The van der Waals surface area contributed by atoms with Gasteiger partial charge < -0.3 is 24.8 Å². The summed E-state index contributed by atoms with van der Waals surface area (Å²) in [7, 11) is 0. The molecule has 0 spiro atoms. The monoisotopic (exact) mass is 392 g/mol. The van der Waals surface area contributed by atoms with Crippen LogP contribution >= 0.6 is 0 Å². The maximum Gasteiger partial charge on any atom is 0.310 e. The van der Waals surface area contributed by atoms with Crippen molar-refractivity contribution >= 4 is 23.5 Å². The van der Waals surface area contributed by atoms with Crippen LogP contribution < -0.4 is 5.32 Å². The maximum absolute atomic E-state index is 13.0. The van der Waals surface area contributed by atoms with Crippen LogP contribution in [0.3, 0.4) is 0 Å². The summed E-state index contributed by atoms with van der Waals surface area (Å²) in [6, 6.07) is 0. The number of nitrogens with one attached hydrogen (secondary N) is 1. The highest BCUT2D eigenvalue weighted by molar-refractivity contribution is 6.04. The highest BCUT2D eigenvalue weighted by Gasteiger charge is 2.55. The Kier molecular flexibility index (Phi) is 5.07. The number of aryl methyl sites for hydroxylation is 1. The third-order valence-electron chi connectivity index (χ3n) is 5.76. The van der Waals surface area contributed by atoms with Crippen LogP contribution in [0.25, 0.3) is 0 Å². The van der Waals surface area contributed by atoms with Crippen molar-refractivity contribution in [1.29, 1.82) is 0 Å². The van der Waals surface area contributed by atoms with Crippen LogP contribution in [0.15, 0.2) is 6.20 Å². The second kappa shape index (κ2) is 7.51. The van der Waals surface area contributed by atoms with Crippen LogP contribution in [0.4, 0.5) is 5.69 Å². The number of carboxylic acid groups (broad SMARTS) is 1. The molecule has 3 saturated heterocycles. The van der Waals surface area contributed by atoms with Gasteiger partial charge in [0.2, 0.25) is 5.91 Å². The fraction of sp³-hybridized carbons (Fsp3) is 0.667. The van der Waals surface area contributed by atoms with Crippen molar-refractivity contribution < 1.29 is 29.0 Å². The fourth-order valence-electron chi connectivity index (χ4n) is 4.40. The van der Waals surface area contributed by atoms with E-state index in [1.165, 1.54) is 6.20 Å². The minimum absolute atomic E-state index is 0.225. The van der Waals surface area contributed by atoms with Crippen LogP contribution in [-0.4, -0.2) is 76.1 Å². The van der Waals surface area contributed by atoms with Crippen LogP contribution in [0.5, 0.6) is 0 Å². The van der Waals surface area contributed by atoms with E-state index in [9.17, 15) is 19.5 Å². The second-order valence-electron chi connectivity index (χ2n) is 7.30. The van der Waals surface area contributed by atoms with E-state index >= 15 is 0 Å². The number of hydrogen-bond acceptors (Lipinski definition) is 6. The molecule has 10 heteroatoms. The van der Waals surface area contributed by atoms with Gasteiger partial charge in [-0.05, 0) is 19.8 Å². The first-order chi connectivity index (χ1) is 13.5. The Balaban J connectivity index is 1.56. The number of hydrogen-bond donors (Lipinski definition) is 2. The summed E-state index contributed by atoms with van der Waals surface area (Å²) in [5.74, 6) is -3.32. The first-order valence-electron chi connectivity index (χ1n) is 9.63. The van der Waals surface area contributed by atoms with E-state index in [1.807, 2.05) is 6.92 Å². The first kappa shape index (κ1) is 18.9. The Bertz CT molecular complexity index is 787. The van der Waals surface area contributed by atoms with E-state index < -0.39 is 35.9 Å². The highest BCUT2D eigenvalue weighted by atomic mass is 16.5. The van der Waals surface area contributed by atoms with E-state index in [4.69, 9.17) is 9.47 Å². The molecule has 4 atom stereocenters. The Hall–Kier alpha value is -2.46. The van der Waals surface area contributed by atoms with Gasteiger partial charge in [-0.1, -0.05) is 0 Å². The van der Waals surface area contributed by atoms with E-state index in [-0.39, 0.29) is 5.91 Å². The van der Waals surface area contributed by atoms with Crippen LogP contribution in [0.2, 0.25) is 0 Å². The summed E-state index contributed by atoms with van der Waals surface area (Å²) in [6.07, 6.45) is 1.94. The van der Waals surface area contributed by atoms with Gasteiger partial charge in [0.15, 0.2) is 0 Å². The number of aliphatic carboxylic acids is 1. The maximum atomic E-state index is 13.0. The summed E-state index contributed by atoms with van der Waals surface area (Å²) in [6.45, 7) is 4.22. The quantitative estimate of drug-likeness (QED) is 0.733. The highest BCUT2D eigenvalue weighted by Crippen LogP contribution is 2.44. The molecule has 1 aromatic heterocycles. The molecule has 0 saturated carbocycles. The molecule has 4 heterocycles. The van der Waals surface area contributed by atoms with Gasteiger partial charge in [0.1, 0.15) is 5.69 Å². The SMILES string of the molecule is CCn1ncc(NC(=O)[C@@H]2[C@@H](C(=O)O)[C@@H]3CC[C@@H]2O3)c1C(=O)N1CCOCC1. The molecule has 2 N–H and O–H groups in total. The third kappa shape index (κ3) is 3.16. The summed E-state index contributed by atoms with van der Waals surface area (Å²) in [5.41, 5.74) is 0.601. The zero-order valence-electron chi connectivity index (χ0n) is 15.7. The molecule has 0 aromatic carbocycles. The molecule has 1 aromatic rings. The summed E-state index contributed by atoms with van der Waals surface area (Å²) in [5, 5.41) is 16.5. The lowest BCUT2D eigenvalue weighted by Crippen LogP contribution is -2.43. The lowest BCUT2D eigenvalue weighted by Gasteiger charge is -2.27. The van der Waals surface area contributed by atoms with Gasteiger partial charge in [-0.3, -0.25) is 19.1 Å². The summed E-state index contributed by atoms with van der Waals surface area (Å²) >= 11 is 0. The van der Waals surface area contributed by atoms with Crippen molar-refractivity contribution in [3.05, 3.63) is 11.9 Å². The van der Waals surface area contributed by atoms with E-state index in [0.717, 1.165) is 0 Å². The molecule has 10 nitrogen and oxygen atoms in total. The third-order valence-corrected chi connectivity index (χ3v) is 5.76. The molecule has 0 aliphatic carbocycles. The lowest BCUT2D eigenvalue weighted by atomic mass is 9.78. The van der Waals surface area contributed by atoms with E-state index in [2.05, 4.69) is 10.4 Å². The summed E-state index contributed by atoms with van der Waals surface area (Å²) in [4.78, 5) is 39.2. The number of morpholine rings is 1. The van der Waals surface area contributed by atoms with Crippen molar-refractivity contribution in [1.82, 2.24) is 14.7 Å². The number of rotatable bonds is 5. The molecular weight excluding hydrogens is 368 g/mol. The topological polar surface area (TPSA) is 123 Å². The van der Waals surface area contributed by atoms with E-state index in [1.54, 1.807) is 9.58 Å². The number of nitrogens with zero attached hydrogens (tertiary/aromatic N) is 3. The van der Waals surface area contributed by atoms with Gasteiger partial charge in [0.25, 0.3) is 5.91 Å². The number of carbonyl (C=O) groups is 3. The van der Waals surface area contributed by atoms with Crippen LogP contribution in [-0.2, 0) is 25.6 Å². The van der Waals surface area contributed by atoms with Crippen molar-refractivity contribution in [2.24, 2.45) is 11.8 Å². The van der Waals surface area contributed by atoms with Gasteiger partial charge in [0.05, 0.1) is 49.1 Å². The molecule has 28 heavy (non-hydrogen) atoms. The Morgan fingerprint density at radius 2 is 1.89 bits per heavy atom. The van der Waals surface area contributed by atoms with Crippen molar-refractivity contribution in [3.63, 3.8) is 0 Å². The lowest BCUT2D eigenvalue weighted by molar-refractivity contribution is -0.147. The number of fused-ring (bicyclic) bond motifs is 2. The molecule has 0 unspecified atom stereocenters. The number of anilines is 1. The number of carboxylic acids is 1. The Morgan fingerprint density at radius 1 is 1.21 bits per heavy atom. The molecule has 3 fully saturated rings. The number of ether oxygens (including phenoxy) is 2. The standard InChI is InChI=1S/C18H24N4O6/c1-2-22-15(17(24)21-5-7-27-8-6-21)10(9-19-22)20-16(23)13-11-3-4-12(28-11)14(13)18(25)26/h9,11-14H,2-8H2,1H3,(H,20,23)(H,25,26)/t11-,12-,13-,14-/m0/s1. The number of carbonyl (C=O) groups excluding carboxylic acids is 2. The molecule has 3 aliphatic heterocycles. The van der Waals surface area contributed by atoms with Gasteiger partial charge in [-0.2, -0.15) is 5.10 Å². The average molecular weight is 392 g/mol. The van der Waals surface area contributed by atoms with Crippen molar-refractivity contribution in [2.75, 3.05) is 31.6 Å². The minimum atomic E-state index is -1.03. The van der Waals surface area contributed by atoms with E-state index in [0.29, 0.717) is 57.1 Å². The molecule has 0 radical (unpaired) electrons. The number of aromatic nitrogens is 2. The Labute approximate surface area is 161 Å². The predicted molar refractivity (Wildman–Crippen MR) is 95.8 cm³/mol. The van der Waals surface area contributed by atoms with Gasteiger partial charge in [-0.25, -0.2) is 0 Å². The van der Waals surface area contributed by atoms with Crippen molar-refractivity contribution in [3.8, 4) is 0 Å². The van der Waals surface area contributed by atoms with Crippen LogP contribution in [0.1, 0.15) is 30.3 Å². The Morgan fingerprint density at radius 3 is 2.54 bits per heavy atom. The zero-order chi connectivity index (χ0) is 19.8. The molecule has 152 valence electrons. The largest absolute Gasteiger partial charge is 0.481 e. The predicted octanol–water partition coefficient (Wildman–Crippen LogP) is 0.192. The average Bonchev–Trinajstić information content (AvgIpc) is 3.42. The smallest absolute Gasteiger partial charge is 0.310 e. The minimum Gasteiger partial charge on any atom is -0.481 e. The molecular formula is C18H24N4O6. The van der Waals surface area contributed by atoms with Gasteiger partial charge in [-0.15, -0.1) is 0 Å². The van der Waals surface area contributed by atoms with Crippen LogP contribution in [0, 0.1) is 11.8 Å². The molecule has 4 rings (SSSR count). The number of amides is 2. The molecule has 2 bridgehead atoms. The fourth-order valence-corrected chi connectivity index (χ4v) is 4.40.